The third-order valence-corrected chi connectivity index (χ3v) is 11.0. The van der Waals surface area contributed by atoms with E-state index in [1.807, 2.05) is 6.07 Å². The highest BCUT2D eigenvalue weighted by Gasteiger charge is 2.55. The second-order valence-electron chi connectivity index (χ2n) is 11.0. The minimum atomic E-state index is -4.06. The van der Waals surface area contributed by atoms with Crippen molar-refractivity contribution >= 4 is 33.2 Å². The highest BCUT2D eigenvalue weighted by atomic mass is 35.5. The molecule has 6 rings (SSSR count). The second-order valence-corrected chi connectivity index (χ2v) is 13.2. The lowest BCUT2D eigenvalue weighted by Crippen LogP contribution is -2.57. The number of halogens is 2. The number of hydrogen-bond donors (Lipinski definition) is 1. The molecular weight excluding hydrogens is 579 g/mol. The zero-order chi connectivity index (χ0) is 29.5. The molecule has 0 saturated carbocycles. The number of carbonyl (C=O) groups is 1. The fourth-order valence-electron chi connectivity index (χ4n) is 6.48. The molecule has 0 radical (unpaired) electrons. The molecule has 1 aromatic heterocycles. The number of carbonyl (C=O) groups excluding carboxylic acids is 1. The molecule has 0 bridgehead atoms. The molecule has 2 fully saturated rings. The number of pyridine rings is 1. The van der Waals surface area contributed by atoms with E-state index in [1.54, 1.807) is 36.5 Å². The van der Waals surface area contributed by atoms with Gasteiger partial charge in [-0.2, -0.15) is 0 Å². The molecule has 1 atom stereocenters. The van der Waals surface area contributed by atoms with Crippen LogP contribution >= 0.6 is 11.6 Å². The first-order valence-corrected chi connectivity index (χ1v) is 15.8. The number of benzene rings is 2. The molecule has 0 aliphatic carbocycles. The molecule has 3 aliphatic rings. The first kappa shape index (κ1) is 28.8. The van der Waals surface area contributed by atoms with E-state index in [1.165, 1.54) is 16.4 Å². The van der Waals surface area contributed by atoms with E-state index in [9.17, 15) is 17.6 Å². The number of hydrogen-bond acceptors (Lipinski definition) is 6. The second kappa shape index (κ2) is 11.4. The van der Waals surface area contributed by atoms with Crippen molar-refractivity contribution in [3.05, 3.63) is 101 Å². The highest BCUT2D eigenvalue weighted by Crippen LogP contribution is 2.54. The lowest BCUT2D eigenvalue weighted by Gasteiger charge is -2.48. The number of sulfonamides is 1. The zero-order valence-electron chi connectivity index (χ0n) is 23.0. The predicted molar refractivity (Wildman–Crippen MR) is 159 cm³/mol. The fraction of sp³-hybridized carbons (Fsp3) is 0.355. The monoisotopic (exact) mass is 610 g/mol. The van der Waals surface area contributed by atoms with Crippen molar-refractivity contribution in [2.24, 2.45) is 0 Å². The molecule has 1 unspecified atom stereocenters. The third kappa shape index (κ3) is 5.00. The Kier molecular flexibility index (Phi) is 7.82. The van der Waals surface area contributed by atoms with Gasteiger partial charge in [0.25, 0.3) is 15.9 Å². The van der Waals surface area contributed by atoms with Crippen LogP contribution in [0.3, 0.4) is 0 Å². The Morgan fingerprint density at radius 1 is 1.17 bits per heavy atom. The number of rotatable bonds is 8. The van der Waals surface area contributed by atoms with E-state index in [2.05, 4.69) is 21.8 Å². The quantitative estimate of drug-likeness (QED) is 0.372. The van der Waals surface area contributed by atoms with Crippen LogP contribution in [0.1, 0.15) is 40.9 Å². The summed E-state index contributed by atoms with van der Waals surface area (Å²) >= 11 is 6.22. The summed E-state index contributed by atoms with van der Waals surface area (Å²) in [5.74, 6) is -0.816. The Bertz CT molecular complexity index is 1610. The van der Waals surface area contributed by atoms with Crippen LogP contribution in [0.2, 0.25) is 5.02 Å². The molecule has 8 nitrogen and oxygen atoms in total. The number of anilines is 1. The molecule has 1 amide bonds. The molecule has 1 spiro atoms. The van der Waals surface area contributed by atoms with Crippen molar-refractivity contribution in [2.45, 2.75) is 48.2 Å². The van der Waals surface area contributed by atoms with Gasteiger partial charge in [-0.05, 0) is 92.5 Å². The van der Waals surface area contributed by atoms with Gasteiger partial charge < -0.3 is 10.1 Å². The number of nitrogens with one attached hydrogen (secondary N) is 1. The van der Waals surface area contributed by atoms with Gasteiger partial charge in [-0.3, -0.25) is 19.0 Å². The van der Waals surface area contributed by atoms with E-state index < -0.39 is 27.3 Å². The number of amides is 1. The molecule has 11 heteroatoms. The van der Waals surface area contributed by atoms with Gasteiger partial charge in [0.05, 0.1) is 53.1 Å². The summed E-state index contributed by atoms with van der Waals surface area (Å²) in [5.41, 5.74) is 1.80. The van der Waals surface area contributed by atoms with Crippen LogP contribution in [-0.4, -0.2) is 62.6 Å². The maximum Gasteiger partial charge on any atom is 0.264 e. The minimum absolute atomic E-state index is 0.0130. The Balaban J connectivity index is 1.40. The average Bonchev–Trinajstić information content (AvgIpc) is 3.22. The summed E-state index contributed by atoms with van der Waals surface area (Å²) in [5, 5.41) is 3.35. The largest absolute Gasteiger partial charge is 0.378 e. The van der Waals surface area contributed by atoms with Crippen LogP contribution in [-0.2, 0) is 26.7 Å². The SMILES string of the molecule is C=CCC1N(S(=O)(=O)c2ccc(F)cc2)c2ccc(C(=O)NCc3ncccc3Cl)cc2C12CCN(C1COC1)CC2. The van der Waals surface area contributed by atoms with Crippen LogP contribution in [0.15, 0.2) is 78.3 Å². The van der Waals surface area contributed by atoms with Crippen LogP contribution in [0.25, 0.3) is 0 Å². The minimum Gasteiger partial charge on any atom is -0.378 e. The van der Waals surface area contributed by atoms with Gasteiger partial charge in [0.1, 0.15) is 5.82 Å². The lowest BCUT2D eigenvalue weighted by molar-refractivity contribution is -0.0764. The first-order valence-electron chi connectivity index (χ1n) is 14.0. The van der Waals surface area contributed by atoms with Gasteiger partial charge in [0.2, 0.25) is 0 Å². The molecule has 4 heterocycles. The molecule has 42 heavy (non-hydrogen) atoms. The third-order valence-electron chi connectivity index (χ3n) is 8.79. The summed E-state index contributed by atoms with van der Waals surface area (Å²) in [6, 6.07) is 13.5. The van der Waals surface area contributed by atoms with Crippen molar-refractivity contribution in [2.75, 3.05) is 30.6 Å². The van der Waals surface area contributed by atoms with E-state index in [0.717, 1.165) is 30.8 Å². The maximum absolute atomic E-state index is 14.2. The maximum atomic E-state index is 14.2. The molecule has 2 aromatic carbocycles. The summed E-state index contributed by atoms with van der Waals surface area (Å²) in [7, 11) is -4.06. The summed E-state index contributed by atoms with van der Waals surface area (Å²) in [4.78, 5) is 20.0. The predicted octanol–water partition coefficient (Wildman–Crippen LogP) is 4.69. The molecule has 3 aromatic rings. The molecule has 2 saturated heterocycles. The van der Waals surface area contributed by atoms with Gasteiger partial charge >= 0.3 is 0 Å². The van der Waals surface area contributed by atoms with Crippen molar-refractivity contribution in [1.29, 1.82) is 0 Å². The van der Waals surface area contributed by atoms with Gasteiger partial charge in [-0.25, -0.2) is 12.8 Å². The number of piperidine rings is 1. The van der Waals surface area contributed by atoms with E-state index in [4.69, 9.17) is 16.3 Å². The highest BCUT2D eigenvalue weighted by molar-refractivity contribution is 7.92. The molecular formula is C31H32ClFN4O4S. The fourth-order valence-corrected chi connectivity index (χ4v) is 8.41. The first-order chi connectivity index (χ1) is 20.2. The Morgan fingerprint density at radius 2 is 1.90 bits per heavy atom. The number of likely N-dealkylation sites (tertiary alicyclic amines) is 1. The lowest BCUT2D eigenvalue weighted by atomic mass is 9.68. The number of aromatic nitrogens is 1. The van der Waals surface area contributed by atoms with E-state index in [-0.39, 0.29) is 17.3 Å². The number of fused-ring (bicyclic) bond motifs is 2. The summed E-state index contributed by atoms with van der Waals surface area (Å²) < 4.78 is 49.0. The molecule has 1 N–H and O–H groups in total. The van der Waals surface area contributed by atoms with E-state index >= 15 is 0 Å². The van der Waals surface area contributed by atoms with Gasteiger partial charge in [0.15, 0.2) is 0 Å². The average molecular weight is 611 g/mol. The Hall–Kier alpha value is -3.31. The van der Waals surface area contributed by atoms with Crippen molar-refractivity contribution in [3.63, 3.8) is 0 Å². The van der Waals surface area contributed by atoms with Crippen LogP contribution < -0.4 is 9.62 Å². The topological polar surface area (TPSA) is 91.8 Å². The van der Waals surface area contributed by atoms with Crippen LogP contribution in [0.5, 0.6) is 0 Å². The molecule has 3 aliphatic heterocycles. The van der Waals surface area contributed by atoms with E-state index in [0.29, 0.717) is 60.5 Å². The number of ether oxygens (including phenoxy) is 1. The van der Waals surface area contributed by atoms with Crippen LogP contribution in [0, 0.1) is 5.82 Å². The molecule has 220 valence electrons. The van der Waals surface area contributed by atoms with Gasteiger partial charge in [0, 0.05) is 17.2 Å². The van der Waals surface area contributed by atoms with Crippen LogP contribution in [0.4, 0.5) is 10.1 Å². The van der Waals surface area contributed by atoms with Gasteiger partial charge in [-0.15, -0.1) is 6.58 Å². The normalized spacial score (nSPS) is 20.2. The van der Waals surface area contributed by atoms with Gasteiger partial charge in [-0.1, -0.05) is 17.7 Å². The zero-order valence-corrected chi connectivity index (χ0v) is 24.6. The standard InChI is InChI=1S/C31H32ClFN4O4S/c1-2-4-29-31(12-15-36(16-13-31)23-19-41-20-23)25-17-21(30(38)35-18-27-26(32)5-3-14-34-27)6-11-28(25)37(29)42(39,40)24-9-7-22(33)8-10-24/h2-3,5-11,14,17,23,29H,1,4,12-13,15-16,18-20H2,(H,35,38). The smallest absolute Gasteiger partial charge is 0.264 e. The van der Waals surface area contributed by atoms with Crippen molar-refractivity contribution in [3.8, 4) is 0 Å². The summed E-state index contributed by atoms with van der Waals surface area (Å²) in [6.45, 7) is 7.08. The van der Waals surface area contributed by atoms with Crippen molar-refractivity contribution in [1.82, 2.24) is 15.2 Å². The number of nitrogens with zero attached hydrogens (tertiary/aromatic N) is 3. The van der Waals surface area contributed by atoms with Crippen molar-refractivity contribution < 1.29 is 22.3 Å². The summed E-state index contributed by atoms with van der Waals surface area (Å²) in [6.07, 6.45) is 5.20. The Labute approximate surface area is 250 Å². The Morgan fingerprint density at radius 3 is 2.55 bits per heavy atom.